The standard InChI is InChI=1S/C28H24ClN7O12S2.Na/c29-17-11(1-2-15(38)21(17)40)22(41)31-12(26(44)45)7-48-34-18(13-9-50-28(30)32-13)23(42)33-19-24(43)36-20(27(46)47)10(8-49-25(19)36)5-35-4-3-14(37)16(39)6-35;/h1-4,6,9,12,19,25H,5,7-8H2,(H9,30,31,32,33,34,38,39,40,41,42,44,45,46,47);/q;+1/p-1/t12-,19+,25+;/m0./s1. The maximum Gasteiger partial charge on any atom is 1.00 e. The van der Waals surface area contributed by atoms with E-state index in [1.54, 1.807) is 0 Å². The fourth-order valence-electron chi connectivity index (χ4n) is 4.75. The number of carboxylic acid groups (broad SMARTS) is 2. The number of aromatic nitrogens is 2. The largest absolute Gasteiger partial charge is 1.00 e. The first-order valence-electron chi connectivity index (χ1n) is 13.9. The molecule has 51 heavy (non-hydrogen) atoms. The molecule has 5 rings (SSSR count). The summed E-state index contributed by atoms with van der Waals surface area (Å²) in [5, 5.41) is 70.6. The van der Waals surface area contributed by atoms with Gasteiger partial charge in [0.15, 0.2) is 40.8 Å². The van der Waals surface area contributed by atoms with Crippen LogP contribution in [0.3, 0.4) is 0 Å². The molecule has 0 aliphatic carbocycles. The SMILES string of the molecule is Nc1nc(/C(=N/OC[C@H](NC(=O)c2ccc(O)c(O)c2Cl)C(=O)[O-])C(=O)N[C@@H]2C(=O)N3C(C(=O)[O-])=C(C[n+]4ccc(O)c(O)c4)CS[C@H]23)cs1.[Na+]. The molecular weight excluding hydrogens is 749 g/mol. The van der Waals surface area contributed by atoms with Gasteiger partial charge in [0.25, 0.3) is 17.7 Å². The summed E-state index contributed by atoms with van der Waals surface area (Å²) in [5.41, 5.74) is 4.45. The number of carbonyl (C=O) groups is 5. The van der Waals surface area contributed by atoms with Gasteiger partial charge in [-0.3, -0.25) is 19.3 Å². The number of fused-ring (bicyclic) bond motifs is 1. The van der Waals surface area contributed by atoms with Gasteiger partial charge < -0.3 is 61.4 Å². The van der Waals surface area contributed by atoms with Crippen LogP contribution < -0.4 is 60.7 Å². The molecule has 262 valence electrons. The molecule has 2 aromatic heterocycles. The first-order chi connectivity index (χ1) is 23.7. The molecule has 3 aromatic rings. The number of nitrogens with zero attached hydrogens (tertiary/aromatic N) is 4. The molecule has 1 fully saturated rings. The molecule has 0 radical (unpaired) electrons. The number of carbonyl (C=O) groups excluding carboxylic acids is 5. The third-order valence-corrected chi connectivity index (χ3v) is 9.58. The van der Waals surface area contributed by atoms with Gasteiger partial charge in [0, 0.05) is 22.8 Å². The van der Waals surface area contributed by atoms with Gasteiger partial charge >= 0.3 is 29.6 Å². The molecule has 4 heterocycles. The number of nitrogens with two attached hydrogens (primary N) is 1. The van der Waals surface area contributed by atoms with Crippen LogP contribution in [0.2, 0.25) is 5.02 Å². The number of hydrogen-bond donors (Lipinski definition) is 7. The molecule has 0 saturated carbocycles. The number of β-lactam (4-membered cyclic amide) rings is 1. The van der Waals surface area contributed by atoms with Crippen LogP contribution in [0.1, 0.15) is 16.1 Å². The number of carboxylic acids is 2. The number of nitrogens with one attached hydrogen (secondary N) is 2. The number of aliphatic carboxylic acids is 2. The topological polar surface area (TPSA) is 304 Å². The van der Waals surface area contributed by atoms with Crippen LogP contribution in [0.4, 0.5) is 5.13 Å². The second kappa shape index (κ2) is 16.0. The molecule has 2 aliphatic rings. The van der Waals surface area contributed by atoms with Crippen LogP contribution in [0.15, 0.2) is 52.4 Å². The quantitative estimate of drug-likeness (QED) is 0.0225. The van der Waals surface area contributed by atoms with Crippen molar-refractivity contribution in [3.05, 3.63) is 63.5 Å². The normalized spacial score (nSPS) is 17.4. The minimum Gasteiger partial charge on any atom is -0.548 e. The number of phenolic OH excluding ortho intramolecular Hbond substituents is 2. The Labute approximate surface area is 321 Å². The molecule has 0 unspecified atom stereocenters. The van der Waals surface area contributed by atoms with Gasteiger partial charge in [-0.1, -0.05) is 16.8 Å². The molecule has 3 amide bonds. The summed E-state index contributed by atoms with van der Waals surface area (Å²) in [6.45, 7) is -0.977. The Morgan fingerprint density at radius 2 is 1.88 bits per heavy atom. The molecule has 1 aromatic carbocycles. The Morgan fingerprint density at radius 3 is 2.51 bits per heavy atom. The molecule has 8 N–H and O–H groups in total. The predicted molar refractivity (Wildman–Crippen MR) is 167 cm³/mol. The number of nitrogen functional groups attached to an aromatic ring is 1. The Bertz CT molecular complexity index is 1990. The number of pyridine rings is 1. The molecule has 23 heteroatoms. The van der Waals surface area contributed by atoms with E-state index in [0.717, 1.165) is 40.1 Å². The van der Waals surface area contributed by atoms with E-state index >= 15 is 0 Å². The third kappa shape index (κ3) is 8.24. The Kier molecular flexibility index (Phi) is 12.3. The fraction of sp³-hybridized carbons (Fsp3) is 0.214. The molecule has 0 bridgehead atoms. The van der Waals surface area contributed by atoms with Gasteiger partial charge in [-0.2, -0.15) is 4.57 Å². The summed E-state index contributed by atoms with van der Waals surface area (Å²) in [6, 6.07) is 0.0353. The van der Waals surface area contributed by atoms with E-state index in [-0.39, 0.29) is 64.0 Å². The fourth-order valence-corrected chi connectivity index (χ4v) is 6.88. The van der Waals surface area contributed by atoms with E-state index < -0.39 is 93.0 Å². The third-order valence-electron chi connectivity index (χ3n) is 7.18. The summed E-state index contributed by atoms with van der Waals surface area (Å²) in [5.74, 6) is -8.61. The van der Waals surface area contributed by atoms with Crippen molar-refractivity contribution in [2.24, 2.45) is 5.16 Å². The van der Waals surface area contributed by atoms with Crippen LogP contribution in [0.5, 0.6) is 23.0 Å². The average molecular weight is 772 g/mol. The molecule has 1 saturated heterocycles. The van der Waals surface area contributed by atoms with E-state index in [2.05, 4.69) is 15.5 Å². The number of amides is 3. The Hall–Kier alpha value is -4.80. The van der Waals surface area contributed by atoms with Crippen molar-refractivity contribution in [3.63, 3.8) is 0 Å². The van der Waals surface area contributed by atoms with Gasteiger partial charge in [0.2, 0.25) is 11.9 Å². The van der Waals surface area contributed by atoms with Gasteiger partial charge in [-0.25, -0.2) is 4.98 Å². The number of thiazole rings is 1. The van der Waals surface area contributed by atoms with Crippen LogP contribution >= 0.6 is 34.7 Å². The smallest absolute Gasteiger partial charge is 0.548 e. The molecular formula is C28H23ClN7NaO12S2. The number of rotatable bonds is 12. The Balaban J connectivity index is 0.00000583. The van der Waals surface area contributed by atoms with Crippen LogP contribution in [0.25, 0.3) is 0 Å². The van der Waals surface area contributed by atoms with Crippen LogP contribution in [-0.2, 0) is 30.6 Å². The summed E-state index contributed by atoms with van der Waals surface area (Å²) in [6.07, 6.45) is 2.56. The first-order valence-corrected chi connectivity index (χ1v) is 16.2. The minimum absolute atomic E-state index is 0. The maximum atomic E-state index is 13.4. The van der Waals surface area contributed by atoms with Crippen molar-refractivity contribution in [1.82, 2.24) is 20.5 Å². The maximum absolute atomic E-state index is 13.4. The average Bonchev–Trinajstić information content (AvgIpc) is 3.50. The number of halogens is 1. The van der Waals surface area contributed by atoms with Crippen molar-refractivity contribution in [2.45, 2.75) is 24.0 Å². The van der Waals surface area contributed by atoms with Crippen LogP contribution in [-0.4, -0.2) is 95.5 Å². The monoisotopic (exact) mass is 771 g/mol. The zero-order valence-corrected chi connectivity index (χ0v) is 30.3. The van der Waals surface area contributed by atoms with Crippen molar-refractivity contribution >= 4 is 75.2 Å². The molecule has 3 atom stereocenters. The molecule has 0 spiro atoms. The number of phenols is 2. The summed E-state index contributed by atoms with van der Waals surface area (Å²) in [4.78, 5) is 73.1. The number of benzene rings is 1. The Morgan fingerprint density at radius 1 is 1.16 bits per heavy atom. The predicted octanol–water partition coefficient (Wildman–Crippen LogP) is -6.13. The summed E-state index contributed by atoms with van der Waals surface area (Å²) < 4.78 is 1.39. The number of thioether (sulfide) groups is 1. The number of oxime groups is 1. The van der Waals surface area contributed by atoms with E-state index in [1.165, 1.54) is 28.4 Å². The second-order valence-corrected chi connectivity index (χ2v) is 12.8. The molecule has 19 nitrogen and oxygen atoms in total. The zero-order chi connectivity index (χ0) is 36.4. The van der Waals surface area contributed by atoms with Gasteiger partial charge in [0.05, 0.1) is 28.2 Å². The second-order valence-electron chi connectivity index (χ2n) is 10.4. The van der Waals surface area contributed by atoms with Crippen molar-refractivity contribution in [3.8, 4) is 23.0 Å². The zero-order valence-electron chi connectivity index (χ0n) is 25.9. The number of anilines is 1. The molecule has 2 aliphatic heterocycles. The van der Waals surface area contributed by atoms with Crippen molar-refractivity contribution < 1.29 is 93.6 Å². The van der Waals surface area contributed by atoms with E-state index in [1.807, 2.05) is 5.32 Å². The first kappa shape index (κ1) is 39.0. The van der Waals surface area contributed by atoms with Gasteiger partial charge in [-0.05, 0) is 12.1 Å². The van der Waals surface area contributed by atoms with Crippen molar-refractivity contribution in [1.29, 1.82) is 0 Å². The van der Waals surface area contributed by atoms with Crippen LogP contribution in [0, 0.1) is 0 Å². The summed E-state index contributed by atoms with van der Waals surface area (Å²) >= 11 is 7.91. The van der Waals surface area contributed by atoms with E-state index in [0.29, 0.717) is 0 Å². The number of aromatic hydroxyl groups is 4. The minimum atomic E-state index is -1.88. The van der Waals surface area contributed by atoms with Gasteiger partial charge in [0.1, 0.15) is 29.8 Å². The summed E-state index contributed by atoms with van der Waals surface area (Å²) in [7, 11) is 0. The van der Waals surface area contributed by atoms with Gasteiger partial charge in [-0.15, -0.1) is 23.1 Å². The van der Waals surface area contributed by atoms with E-state index in [9.17, 15) is 54.6 Å². The van der Waals surface area contributed by atoms with E-state index in [4.69, 9.17) is 22.2 Å². The van der Waals surface area contributed by atoms with Crippen molar-refractivity contribution in [2.75, 3.05) is 18.1 Å². The number of hydrogen-bond acceptors (Lipinski definition) is 17.